The van der Waals surface area contributed by atoms with Crippen LogP contribution in [-0.4, -0.2) is 30.3 Å². The molecule has 0 spiro atoms. The lowest BCUT2D eigenvalue weighted by molar-refractivity contribution is -0.121. The highest BCUT2D eigenvalue weighted by molar-refractivity contribution is 6.42. The summed E-state index contributed by atoms with van der Waals surface area (Å²) in [7, 11) is 0. The number of aliphatic hydroxyl groups excluding tert-OH is 1. The van der Waals surface area contributed by atoms with Crippen molar-refractivity contribution in [2.75, 3.05) is 13.2 Å². The van der Waals surface area contributed by atoms with E-state index in [1.807, 2.05) is 0 Å². The van der Waals surface area contributed by atoms with Gasteiger partial charge in [0.2, 0.25) is 5.91 Å². The van der Waals surface area contributed by atoms with Crippen molar-refractivity contribution in [2.45, 2.75) is 25.9 Å². The van der Waals surface area contributed by atoms with Gasteiger partial charge in [-0.3, -0.25) is 4.79 Å². The second kappa shape index (κ2) is 8.25. The minimum atomic E-state index is -0.409. The highest BCUT2D eigenvalue weighted by Crippen LogP contribution is 2.26. The molecule has 2 N–H and O–H groups in total. The predicted molar refractivity (Wildman–Crippen MR) is 75.9 cm³/mol. The van der Waals surface area contributed by atoms with Crippen molar-refractivity contribution in [1.29, 1.82) is 0 Å². The number of rotatable bonds is 7. The second-order valence-corrected chi connectivity index (χ2v) is 4.98. The number of halogens is 2. The molecule has 0 heterocycles. The minimum absolute atomic E-state index is 0.110. The Balaban J connectivity index is 2.22. The van der Waals surface area contributed by atoms with Crippen LogP contribution in [0.25, 0.3) is 0 Å². The number of hydrogen-bond acceptors (Lipinski definition) is 3. The molecule has 0 aliphatic rings. The number of carbonyl (C=O) groups is 1. The van der Waals surface area contributed by atoms with Crippen LogP contribution in [0.4, 0.5) is 0 Å². The second-order valence-electron chi connectivity index (χ2n) is 4.16. The van der Waals surface area contributed by atoms with Crippen molar-refractivity contribution in [3.05, 3.63) is 28.2 Å². The zero-order chi connectivity index (χ0) is 14.3. The summed E-state index contributed by atoms with van der Waals surface area (Å²) in [6.45, 7) is 2.40. The van der Waals surface area contributed by atoms with Crippen molar-refractivity contribution < 1.29 is 14.6 Å². The number of aliphatic hydroxyl groups is 1. The van der Waals surface area contributed by atoms with E-state index in [4.69, 9.17) is 33.0 Å². The third-order valence-corrected chi connectivity index (χ3v) is 3.11. The first-order valence-electron chi connectivity index (χ1n) is 6.01. The largest absolute Gasteiger partial charge is 0.493 e. The summed E-state index contributed by atoms with van der Waals surface area (Å²) in [6.07, 6.45) is 0.382. The van der Waals surface area contributed by atoms with Crippen LogP contribution < -0.4 is 10.1 Å². The number of amides is 1. The molecule has 0 saturated heterocycles. The lowest BCUT2D eigenvalue weighted by Gasteiger charge is -2.08. The molecule has 1 aromatic rings. The fourth-order valence-corrected chi connectivity index (χ4v) is 1.63. The molecule has 0 aromatic heterocycles. The number of carbonyl (C=O) groups excluding carboxylic acids is 1. The van der Waals surface area contributed by atoms with E-state index in [-0.39, 0.29) is 18.9 Å². The molecule has 1 rings (SSSR count). The van der Waals surface area contributed by atoms with Gasteiger partial charge in [-0.1, -0.05) is 23.2 Å². The van der Waals surface area contributed by atoms with Gasteiger partial charge in [0.15, 0.2) is 0 Å². The molecule has 0 radical (unpaired) electrons. The molecule has 0 bridgehead atoms. The fourth-order valence-electron chi connectivity index (χ4n) is 1.34. The van der Waals surface area contributed by atoms with Gasteiger partial charge in [-0.15, -0.1) is 0 Å². The van der Waals surface area contributed by atoms with Crippen molar-refractivity contribution in [2.24, 2.45) is 0 Å². The van der Waals surface area contributed by atoms with Gasteiger partial charge in [-0.05, 0) is 25.5 Å². The summed E-state index contributed by atoms with van der Waals surface area (Å²) < 4.78 is 5.39. The first-order chi connectivity index (χ1) is 8.99. The van der Waals surface area contributed by atoms with Gasteiger partial charge in [0.05, 0.1) is 29.2 Å². The van der Waals surface area contributed by atoms with Crippen molar-refractivity contribution in [1.82, 2.24) is 5.32 Å². The Morgan fingerprint density at radius 2 is 2.16 bits per heavy atom. The average molecular weight is 306 g/mol. The molecule has 1 unspecified atom stereocenters. The molecule has 1 amide bonds. The standard InChI is InChI=1S/C13H17Cl2NO3/c1-9(17)4-6-16-13(18)5-7-19-10-2-3-11(14)12(15)8-10/h2-3,8-9,17H,4-7H2,1H3,(H,16,18). The lowest BCUT2D eigenvalue weighted by Crippen LogP contribution is -2.27. The summed E-state index contributed by atoms with van der Waals surface area (Å²) >= 11 is 11.6. The Hall–Kier alpha value is -0.970. The quantitative estimate of drug-likeness (QED) is 0.814. The van der Waals surface area contributed by atoms with E-state index in [2.05, 4.69) is 5.32 Å². The van der Waals surface area contributed by atoms with Crippen LogP contribution in [0.5, 0.6) is 5.75 Å². The molecule has 4 nitrogen and oxygen atoms in total. The fraction of sp³-hybridized carbons (Fsp3) is 0.462. The van der Waals surface area contributed by atoms with Gasteiger partial charge in [0.1, 0.15) is 5.75 Å². The summed E-state index contributed by atoms with van der Waals surface area (Å²) in [6, 6.07) is 4.94. The van der Waals surface area contributed by atoms with Gasteiger partial charge in [0, 0.05) is 12.6 Å². The van der Waals surface area contributed by atoms with Gasteiger partial charge in [-0.2, -0.15) is 0 Å². The Bertz CT molecular complexity index is 424. The first-order valence-corrected chi connectivity index (χ1v) is 6.77. The van der Waals surface area contributed by atoms with E-state index in [1.165, 1.54) is 0 Å². The van der Waals surface area contributed by atoms with Gasteiger partial charge in [-0.25, -0.2) is 0 Å². The van der Waals surface area contributed by atoms with Gasteiger partial charge >= 0.3 is 0 Å². The Kier molecular flexibility index (Phi) is 6.99. The summed E-state index contributed by atoms with van der Waals surface area (Å²) in [4.78, 5) is 11.4. The number of nitrogens with one attached hydrogen (secondary N) is 1. The maximum Gasteiger partial charge on any atom is 0.223 e. The third kappa shape index (κ3) is 6.66. The molecule has 0 aliphatic heterocycles. The van der Waals surface area contributed by atoms with E-state index in [0.717, 1.165) is 0 Å². The summed E-state index contributed by atoms with van der Waals surface area (Å²) in [5.41, 5.74) is 0. The van der Waals surface area contributed by atoms with Crippen molar-refractivity contribution in [3.8, 4) is 5.75 Å². The van der Waals surface area contributed by atoms with Crippen LogP contribution in [0.1, 0.15) is 19.8 Å². The highest BCUT2D eigenvalue weighted by atomic mass is 35.5. The normalized spacial score (nSPS) is 12.0. The summed E-state index contributed by atoms with van der Waals surface area (Å²) in [5, 5.41) is 12.6. The van der Waals surface area contributed by atoms with Gasteiger partial charge in [0.25, 0.3) is 0 Å². The minimum Gasteiger partial charge on any atom is -0.493 e. The average Bonchev–Trinajstić information content (AvgIpc) is 2.33. The Morgan fingerprint density at radius 3 is 2.79 bits per heavy atom. The molecular formula is C13H17Cl2NO3. The number of hydrogen-bond donors (Lipinski definition) is 2. The van der Waals surface area contributed by atoms with Crippen LogP contribution in [0, 0.1) is 0 Å². The molecule has 0 saturated carbocycles. The molecular weight excluding hydrogens is 289 g/mol. The maximum absolute atomic E-state index is 11.4. The first kappa shape index (κ1) is 16.1. The molecule has 0 aliphatic carbocycles. The van der Waals surface area contributed by atoms with E-state index >= 15 is 0 Å². The Morgan fingerprint density at radius 1 is 1.42 bits per heavy atom. The molecule has 6 heteroatoms. The monoisotopic (exact) mass is 305 g/mol. The van der Waals surface area contributed by atoms with E-state index in [9.17, 15) is 4.79 Å². The van der Waals surface area contributed by atoms with Crippen LogP contribution in [0.15, 0.2) is 18.2 Å². The van der Waals surface area contributed by atoms with E-state index in [0.29, 0.717) is 28.8 Å². The SMILES string of the molecule is CC(O)CCNC(=O)CCOc1ccc(Cl)c(Cl)c1. The van der Waals surface area contributed by atoms with Crippen LogP contribution in [0.2, 0.25) is 10.0 Å². The molecule has 106 valence electrons. The van der Waals surface area contributed by atoms with Crippen molar-refractivity contribution >= 4 is 29.1 Å². The zero-order valence-electron chi connectivity index (χ0n) is 10.7. The Labute approximate surface area is 122 Å². The van der Waals surface area contributed by atoms with Crippen LogP contribution in [0.3, 0.4) is 0 Å². The van der Waals surface area contributed by atoms with Gasteiger partial charge < -0.3 is 15.2 Å². The van der Waals surface area contributed by atoms with E-state index < -0.39 is 6.10 Å². The molecule has 1 aromatic carbocycles. The molecule has 1 atom stereocenters. The van der Waals surface area contributed by atoms with Crippen LogP contribution in [-0.2, 0) is 4.79 Å². The lowest BCUT2D eigenvalue weighted by atomic mass is 10.3. The highest BCUT2D eigenvalue weighted by Gasteiger charge is 2.04. The molecule has 19 heavy (non-hydrogen) atoms. The number of ether oxygens (including phenoxy) is 1. The number of benzene rings is 1. The zero-order valence-corrected chi connectivity index (χ0v) is 12.2. The molecule has 0 fully saturated rings. The smallest absolute Gasteiger partial charge is 0.223 e. The summed E-state index contributed by atoms with van der Waals surface area (Å²) in [5.74, 6) is 0.465. The van der Waals surface area contributed by atoms with Crippen LogP contribution >= 0.6 is 23.2 Å². The third-order valence-electron chi connectivity index (χ3n) is 2.37. The van der Waals surface area contributed by atoms with Crippen molar-refractivity contribution in [3.63, 3.8) is 0 Å². The predicted octanol–water partition coefficient (Wildman–Crippen LogP) is 2.65. The maximum atomic E-state index is 11.4. The van der Waals surface area contributed by atoms with E-state index in [1.54, 1.807) is 25.1 Å². The topological polar surface area (TPSA) is 58.6 Å².